The van der Waals surface area contributed by atoms with Crippen molar-refractivity contribution in [2.75, 3.05) is 12.9 Å². The number of rotatable bonds is 5. The first-order chi connectivity index (χ1) is 12.8. The lowest BCUT2D eigenvalue weighted by Crippen LogP contribution is -2.17. The number of ether oxygens (including phenoxy) is 1. The van der Waals surface area contributed by atoms with E-state index >= 15 is 0 Å². The first kappa shape index (κ1) is 17.7. The van der Waals surface area contributed by atoms with E-state index in [0.717, 1.165) is 23.8 Å². The lowest BCUT2D eigenvalue weighted by atomic mass is 10.0. The maximum absolute atomic E-state index is 12.4. The molecule has 27 heavy (non-hydrogen) atoms. The Hall–Kier alpha value is -2.67. The van der Waals surface area contributed by atoms with Gasteiger partial charge in [-0.05, 0) is 48.4 Å². The Kier molecular flexibility index (Phi) is 4.26. The quantitative estimate of drug-likeness (QED) is 0.676. The van der Waals surface area contributed by atoms with Crippen LogP contribution in [-0.2, 0) is 16.9 Å². The summed E-state index contributed by atoms with van der Waals surface area (Å²) in [7, 11) is -1.71. The molecular formula is C20H20N2O4S. The van der Waals surface area contributed by atoms with E-state index < -0.39 is 9.84 Å². The second-order valence-corrected chi connectivity index (χ2v) is 9.08. The van der Waals surface area contributed by atoms with E-state index in [0.29, 0.717) is 29.2 Å². The largest absolute Gasteiger partial charge is 0.493 e. The van der Waals surface area contributed by atoms with Gasteiger partial charge in [0.05, 0.1) is 16.9 Å². The molecule has 2 heterocycles. The third kappa shape index (κ3) is 3.47. The Morgan fingerprint density at radius 2 is 1.96 bits per heavy atom. The van der Waals surface area contributed by atoms with Crippen molar-refractivity contribution >= 4 is 20.6 Å². The molecule has 7 heteroatoms. The van der Waals surface area contributed by atoms with Gasteiger partial charge >= 0.3 is 0 Å². The number of aromatic nitrogens is 2. The zero-order valence-corrected chi connectivity index (χ0v) is 16.0. The van der Waals surface area contributed by atoms with Crippen molar-refractivity contribution < 1.29 is 13.2 Å². The number of hydrogen-bond donors (Lipinski definition) is 0. The van der Waals surface area contributed by atoms with Crippen LogP contribution in [0.15, 0.2) is 52.5 Å². The molecule has 0 radical (unpaired) electrons. The number of hydrogen-bond acceptors (Lipinski definition) is 5. The van der Waals surface area contributed by atoms with Crippen molar-refractivity contribution in [1.82, 2.24) is 9.55 Å². The highest BCUT2D eigenvalue weighted by Gasteiger charge is 2.23. The van der Waals surface area contributed by atoms with Crippen LogP contribution in [0.3, 0.4) is 0 Å². The zero-order valence-electron chi connectivity index (χ0n) is 15.2. The first-order valence-corrected chi connectivity index (χ1v) is 10.6. The third-order valence-corrected chi connectivity index (χ3v) is 5.94. The Bertz CT molecular complexity index is 1190. The van der Waals surface area contributed by atoms with Crippen LogP contribution in [0, 0.1) is 5.92 Å². The highest BCUT2D eigenvalue weighted by molar-refractivity contribution is 7.90. The fraction of sp³-hybridized carbons (Fsp3) is 0.300. The van der Waals surface area contributed by atoms with Crippen molar-refractivity contribution in [2.24, 2.45) is 13.0 Å². The standard InChI is InChI=1S/C20H20N2O4S/c1-22-11-18(15-7-8-21-10-17(15)20(22)23)16-9-14(27(2,24)25)5-6-19(16)26-12-13-3-4-13/h5-11,13H,3-4,12H2,1-2H3. The lowest BCUT2D eigenvalue weighted by molar-refractivity contribution is 0.301. The summed E-state index contributed by atoms with van der Waals surface area (Å²) < 4.78 is 31.7. The van der Waals surface area contributed by atoms with Crippen LogP contribution < -0.4 is 10.3 Å². The number of aryl methyl sites for hydroxylation is 1. The van der Waals surface area contributed by atoms with E-state index in [1.54, 1.807) is 43.7 Å². The fourth-order valence-electron chi connectivity index (χ4n) is 3.09. The molecule has 0 amide bonds. The monoisotopic (exact) mass is 384 g/mol. The summed E-state index contributed by atoms with van der Waals surface area (Å²) >= 11 is 0. The summed E-state index contributed by atoms with van der Waals surface area (Å²) in [6.07, 6.45) is 8.37. The highest BCUT2D eigenvalue weighted by Crippen LogP contribution is 2.37. The van der Waals surface area contributed by atoms with Crippen LogP contribution in [0.5, 0.6) is 5.75 Å². The Morgan fingerprint density at radius 1 is 1.19 bits per heavy atom. The minimum atomic E-state index is -3.38. The van der Waals surface area contributed by atoms with Gasteiger partial charge in [0.2, 0.25) is 0 Å². The van der Waals surface area contributed by atoms with E-state index in [1.807, 2.05) is 0 Å². The molecule has 2 aromatic heterocycles. The highest BCUT2D eigenvalue weighted by atomic mass is 32.2. The van der Waals surface area contributed by atoms with E-state index in [4.69, 9.17) is 4.74 Å². The molecule has 1 aliphatic rings. The SMILES string of the molecule is Cn1cc(-c2cc(S(C)(=O)=O)ccc2OCC2CC2)c2ccncc2c1=O. The van der Waals surface area contributed by atoms with Crippen LogP contribution in [-0.4, -0.2) is 30.8 Å². The molecule has 140 valence electrons. The maximum Gasteiger partial charge on any atom is 0.259 e. The average Bonchev–Trinajstić information content (AvgIpc) is 3.47. The molecule has 4 rings (SSSR count). The summed E-state index contributed by atoms with van der Waals surface area (Å²) in [5.74, 6) is 1.18. The predicted octanol–water partition coefficient (Wildman–Crippen LogP) is 2.79. The van der Waals surface area contributed by atoms with Gasteiger partial charge in [-0.15, -0.1) is 0 Å². The normalized spacial score (nSPS) is 14.4. The Labute approximate surface area is 157 Å². The minimum Gasteiger partial charge on any atom is -0.493 e. The second-order valence-electron chi connectivity index (χ2n) is 7.06. The molecule has 1 aliphatic carbocycles. The van der Waals surface area contributed by atoms with Crippen LogP contribution in [0.4, 0.5) is 0 Å². The topological polar surface area (TPSA) is 78.3 Å². The first-order valence-electron chi connectivity index (χ1n) is 8.75. The van der Waals surface area contributed by atoms with Crippen molar-refractivity contribution in [2.45, 2.75) is 17.7 Å². The van der Waals surface area contributed by atoms with Gasteiger partial charge < -0.3 is 9.30 Å². The van der Waals surface area contributed by atoms with Crippen LogP contribution in [0.2, 0.25) is 0 Å². The molecule has 0 saturated heterocycles. The zero-order chi connectivity index (χ0) is 19.2. The van der Waals surface area contributed by atoms with Gasteiger partial charge in [-0.2, -0.15) is 0 Å². The Balaban J connectivity index is 1.97. The molecule has 1 aromatic carbocycles. The second kappa shape index (κ2) is 6.49. The van der Waals surface area contributed by atoms with Crippen LogP contribution in [0.25, 0.3) is 21.9 Å². The van der Waals surface area contributed by atoms with E-state index in [2.05, 4.69) is 4.98 Å². The van der Waals surface area contributed by atoms with Crippen molar-refractivity contribution in [1.29, 1.82) is 0 Å². The van der Waals surface area contributed by atoms with Gasteiger partial charge in [0, 0.05) is 43.0 Å². The molecule has 1 saturated carbocycles. The number of pyridine rings is 2. The number of nitrogens with zero attached hydrogens (tertiary/aromatic N) is 2. The molecule has 6 nitrogen and oxygen atoms in total. The fourth-order valence-corrected chi connectivity index (χ4v) is 3.74. The Morgan fingerprint density at radius 3 is 2.67 bits per heavy atom. The molecule has 0 aliphatic heterocycles. The molecule has 0 atom stereocenters. The van der Waals surface area contributed by atoms with Crippen molar-refractivity contribution in [3.05, 3.63) is 53.2 Å². The van der Waals surface area contributed by atoms with E-state index in [1.165, 1.54) is 17.0 Å². The van der Waals surface area contributed by atoms with Gasteiger partial charge in [0.25, 0.3) is 5.56 Å². The van der Waals surface area contributed by atoms with Gasteiger partial charge in [0.15, 0.2) is 9.84 Å². The number of fused-ring (bicyclic) bond motifs is 1. The summed E-state index contributed by atoms with van der Waals surface area (Å²) in [6, 6.07) is 6.65. The molecule has 3 aromatic rings. The summed E-state index contributed by atoms with van der Waals surface area (Å²) in [4.78, 5) is 16.7. The average molecular weight is 384 g/mol. The van der Waals surface area contributed by atoms with Gasteiger partial charge in [0.1, 0.15) is 5.75 Å². The van der Waals surface area contributed by atoms with Gasteiger partial charge in [-0.25, -0.2) is 8.42 Å². The summed E-state index contributed by atoms with van der Waals surface area (Å²) in [6.45, 7) is 0.608. The predicted molar refractivity (Wildman–Crippen MR) is 104 cm³/mol. The molecule has 0 spiro atoms. The van der Waals surface area contributed by atoms with Crippen molar-refractivity contribution in [3.8, 4) is 16.9 Å². The maximum atomic E-state index is 12.4. The lowest BCUT2D eigenvalue weighted by Gasteiger charge is -2.15. The number of benzene rings is 1. The third-order valence-electron chi connectivity index (χ3n) is 4.83. The molecule has 0 bridgehead atoms. The van der Waals surface area contributed by atoms with Gasteiger partial charge in [-0.3, -0.25) is 9.78 Å². The minimum absolute atomic E-state index is 0.151. The molecule has 0 N–H and O–H groups in total. The molecular weight excluding hydrogens is 364 g/mol. The van der Waals surface area contributed by atoms with Gasteiger partial charge in [-0.1, -0.05) is 0 Å². The van der Waals surface area contributed by atoms with Crippen LogP contribution >= 0.6 is 0 Å². The summed E-state index contributed by atoms with van der Waals surface area (Å²) in [5, 5.41) is 1.20. The number of sulfone groups is 1. The summed E-state index contributed by atoms with van der Waals surface area (Å²) in [5.41, 5.74) is 1.25. The van der Waals surface area contributed by atoms with E-state index in [-0.39, 0.29) is 10.5 Å². The molecule has 1 fully saturated rings. The van der Waals surface area contributed by atoms with E-state index in [9.17, 15) is 13.2 Å². The molecule has 0 unspecified atom stereocenters. The van der Waals surface area contributed by atoms with Crippen molar-refractivity contribution in [3.63, 3.8) is 0 Å². The van der Waals surface area contributed by atoms with Crippen LogP contribution in [0.1, 0.15) is 12.8 Å². The smallest absolute Gasteiger partial charge is 0.259 e.